The normalized spacial score (nSPS) is 20.5. The lowest BCUT2D eigenvalue weighted by molar-refractivity contribution is 0.248. The van der Waals surface area contributed by atoms with E-state index in [1.165, 1.54) is 37.2 Å². The van der Waals surface area contributed by atoms with E-state index in [4.69, 9.17) is 0 Å². The topological polar surface area (TPSA) is 18.5 Å². The van der Waals surface area contributed by atoms with Gasteiger partial charge in [0.15, 0.2) is 0 Å². The molecule has 3 heteroatoms. The summed E-state index contributed by atoms with van der Waals surface area (Å²) < 4.78 is 0. The van der Waals surface area contributed by atoms with Crippen molar-refractivity contribution in [2.75, 3.05) is 38.6 Å². The van der Waals surface area contributed by atoms with E-state index in [1.54, 1.807) is 0 Å². The van der Waals surface area contributed by atoms with E-state index in [9.17, 15) is 0 Å². The van der Waals surface area contributed by atoms with Gasteiger partial charge in [0.25, 0.3) is 0 Å². The van der Waals surface area contributed by atoms with Gasteiger partial charge in [0, 0.05) is 31.9 Å². The third-order valence-corrected chi connectivity index (χ3v) is 4.07. The molecule has 2 rings (SSSR count). The molecule has 1 aromatic carbocycles. The van der Waals surface area contributed by atoms with Crippen molar-refractivity contribution < 1.29 is 0 Å². The number of hydrogen-bond donors (Lipinski definition) is 1. The molecule has 1 aliphatic heterocycles. The number of likely N-dealkylation sites (N-methyl/N-ethyl adjacent to an activating group) is 2. The molecule has 1 saturated heterocycles. The highest BCUT2D eigenvalue weighted by Gasteiger charge is 2.21. The minimum Gasteiger partial charge on any atom is -0.370 e. The molecule has 3 nitrogen and oxygen atoms in total. The fourth-order valence-electron chi connectivity index (χ4n) is 2.78. The zero-order valence-corrected chi connectivity index (χ0v) is 12.5. The van der Waals surface area contributed by atoms with E-state index >= 15 is 0 Å². The molecule has 1 atom stereocenters. The average Bonchev–Trinajstić information content (AvgIpc) is 2.45. The molecule has 1 heterocycles. The van der Waals surface area contributed by atoms with Crippen LogP contribution in [0.3, 0.4) is 0 Å². The SMILES string of the molecule is CCNCc1ccc(N(C)C2CCCN(C)C2)cc1. The highest BCUT2D eigenvalue weighted by molar-refractivity contribution is 5.48. The van der Waals surface area contributed by atoms with Gasteiger partial charge in [0.05, 0.1) is 0 Å². The molecule has 0 spiro atoms. The van der Waals surface area contributed by atoms with Gasteiger partial charge in [0.2, 0.25) is 0 Å². The van der Waals surface area contributed by atoms with Gasteiger partial charge < -0.3 is 15.1 Å². The highest BCUT2D eigenvalue weighted by atomic mass is 15.2. The first-order chi connectivity index (χ1) is 9.20. The van der Waals surface area contributed by atoms with Crippen molar-refractivity contribution in [3.63, 3.8) is 0 Å². The Morgan fingerprint density at radius 3 is 2.68 bits per heavy atom. The Labute approximate surface area is 117 Å². The van der Waals surface area contributed by atoms with Crippen molar-refractivity contribution in [3.05, 3.63) is 29.8 Å². The summed E-state index contributed by atoms with van der Waals surface area (Å²) in [5, 5.41) is 3.36. The van der Waals surface area contributed by atoms with Crippen molar-refractivity contribution in [2.24, 2.45) is 0 Å². The minimum atomic E-state index is 0.651. The first-order valence-electron chi connectivity index (χ1n) is 7.41. The Hall–Kier alpha value is -1.06. The van der Waals surface area contributed by atoms with Crippen LogP contribution in [0.15, 0.2) is 24.3 Å². The van der Waals surface area contributed by atoms with Gasteiger partial charge in [-0.05, 0) is 50.7 Å². The molecule has 0 aliphatic carbocycles. The molecule has 1 aromatic rings. The zero-order chi connectivity index (χ0) is 13.7. The van der Waals surface area contributed by atoms with Gasteiger partial charge in [-0.25, -0.2) is 0 Å². The summed E-state index contributed by atoms with van der Waals surface area (Å²) in [6.45, 7) is 6.55. The molecule has 19 heavy (non-hydrogen) atoms. The van der Waals surface area contributed by atoms with E-state index in [0.717, 1.165) is 13.1 Å². The van der Waals surface area contributed by atoms with Crippen LogP contribution in [0.5, 0.6) is 0 Å². The van der Waals surface area contributed by atoms with Crippen LogP contribution >= 0.6 is 0 Å². The van der Waals surface area contributed by atoms with Gasteiger partial charge in [-0.2, -0.15) is 0 Å². The summed E-state index contributed by atoms with van der Waals surface area (Å²) in [4.78, 5) is 4.87. The van der Waals surface area contributed by atoms with Gasteiger partial charge in [0.1, 0.15) is 0 Å². The molecular weight excluding hydrogens is 234 g/mol. The van der Waals surface area contributed by atoms with Crippen LogP contribution in [-0.2, 0) is 6.54 Å². The Morgan fingerprint density at radius 1 is 1.32 bits per heavy atom. The van der Waals surface area contributed by atoms with Crippen molar-refractivity contribution in [2.45, 2.75) is 32.4 Å². The summed E-state index contributed by atoms with van der Waals surface area (Å²) in [5.74, 6) is 0. The molecule has 1 fully saturated rings. The average molecular weight is 261 g/mol. The molecule has 0 amide bonds. The van der Waals surface area contributed by atoms with Gasteiger partial charge in [-0.15, -0.1) is 0 Å². The Balaban J connectivity index is 1.96. The summed E-state index contributed by atoms with van der Waals surface area (Å²) in [5.41, 5.74) is 2.69. The molecule has 1 aliphatic rings. The number of rotatable bonds is 5. The number of anilines is 1. The van der Waals surface area contributed by atoms with Crippen LogP contribution in [-0.4, -0.2) is 44.7 Å². The second-order valence-electron chi connectivity index (χ2n) is 5.62. The number of benzene rings is 1. The second-order valence-corrected chi connectivity index (χ2v) is 5.62. The first-order valence-corrected chi connectivity index (χ1v) is 7.41. The predicted molar refractivity (Wildman–Crippen MR) is 82.7 cm³/mol. The van der Waals surface area contributed by atoms with Crippen LogP contribution in [0.4, 0.5) is 5.69 Å². The lowest BCUT2D eigenvalue weighted by Crippen LogP contribution is -2.45. The van der Waals surface area contributed by atoms with E-state index in [-0.39, 0.29) is 0 Å². The number of piperidine rings is 1. The molecule has 0 aromatic heterocycles. The highest BCUT2D eigenvalue weighted by Crippen LogP contribution is 2.21. The first kappa shape index (κ1) is 14.4. The van der Waals surface area contributed by atoms with Gasteiger partial charge in [-0.1, -0.05) is 19.1 Å². The third-order valence-electron chi connectivity index (χ3n) is 4.07. The van der Waals surface area contributed by atoms with E-state index in [2.05, 4.69) is 60.4 Å². The van der Waals surface area contributed by atoms with Crippen molar-refractivity contribution in [1.29, 1.82) is 0 Å². The van der Waals surface area contributed by atoms with Gasteiger partial charge in [-0.3, -0.25) is 0 Å². The van der Waals surface area contributed by atoms with E-state index < -0.39 is 0 Å². The molecular formula is C16H27N3. The minimum absolute atomic E-state index is 0.651. The lowest BCUT2D eigenvalue weighted by atomic mass is 10.0. The summed E-state index contributed by atoms with van der Waals surface area (Å²) in [6.07, 6.45) is 2.62. The number of hydrogen-bond acceptors (Lipinski definition) is 3. The lowest BCUT2D eigenvalue weighted by Gasteiger charge is -2.37. The fraction of sp³-hybridized carbons (Fsp3) is 0.625. The van der Waals surface area contributed by atoms with Crippen molar-refractivity contribution >= 4 is 5.69 Å². The molecule has 0 saturated carbocycles. The predicted octanol–water partition coefficient (Wildman–Crippen LogP) is 2.33. The molecule has 0 radical (unpaired) electrons. The zero-order valence-electron chi connectivity index (χ0n) is 12.5. The molecule has 1 N–H and O–H groups in total. The summed E-state index contributed by atoms with van der Waals surface area (Å²) in [6, 6.07) is 9.63. The largest absolute Gasteiger partial charge is 0.370 e. The maximum atomic E-state index is 3.36. The number of likely N-dealkylation sites (tertiary alicyclic amines) is 1. The second kappa shape index (κ2) is 6.92. The third kappa shape index (κ3) is 3.95. The Morgan fingerprint density at radius 2 is 2.05 bits per heavy atom. The number of nitrogens with one attached hydrogen (secondary N) is 1. The van der Waals surface area contributed by atoms with Crippen LogP contribution < -0.4 is 10.2 Å². The summed E-state index contributed by atoms with van der Waals surface area (Å²) >= 11 is 0. The van der Waals surface area contributed by atoms with E-state index in [1.807, 2.05) is 0 Å². The fourth-order valence-corrected chi connectivity index (χ4v) is 2.78. The van der Waals surface area contributed by atoms with Crippen molar-refractivity contribution in [3.8, 4) is 0 Å². The Bertz CT molecular complexity index is 374. The maximum absolute atomic E-state index is 3.36. The number of nitrogens with zero attached hydrogens (tertiary/aromatic N) is 2. The van der Waals surface area contributed by atoms with Crippen molar-refractivity contribution in [1.82, 2.24) is 10.2 Å². The van der Waals surface area contributed by atoms with Crippen LogP contribution in [0.1, 0.15) is 25.3 Å². The molecule has 0 bridgehead atoms. The smallest absolute Gasteiger partial charge is 0.0414 e. The van der Waals surface area contributed by atoms with Crippen LogP contribution in [0.25, 0.3) is 0 Å². The van der Waals surface area contributed by atoms with E-state index in [0.29, 0.717) is 6.04 Å². The quantitative estimate of drug-likeness (QED) is 0.877. The molecule has 1 unspecified atom stereocenters. The van der Waals surface area contributed by atoms with Crippen LogP contribution in [0, 0.1) is 0 Å². The molecule has 106 valence electrons. The Kier molecular flexibility index (Phi) is 5.23. The maximum Gasteiger partial charge on any atom is 0.0414 e. The standard InChI is InChI=1S/C16H27N3/c1-4-17-12-14-7-9-15(10-8-14)19(3)16-6-5-11-18(2)13-16/h7-10,16-17H,4-6,11-13H2,1-3H3. The van der Waals surface area contributed by atoms with Gasteiger partial charge >= 0.3 is 0 Å². The van der Waals surface area contributed by atoms with Crippen LogP contribution in [0.2, 0.25) is 0 Å². The monoisotopic (exact) mass is 261 g/mol. The summed E-state index contributed by atoms with van der Waals surface area (Å²) in [7, 11) is 4.45.